The molecule has 0 amide bonds. The first kappa shape index (κ1) is 10.9. The fourth-order valence-electron chi connectivity index (χ4n) is 1.94. The number of pyridine rings is 1. The summed E-state index contributed by atoms with van der Waals surface area (Å²) in [5.74, 6) is 0. The molecule has 0 bridgehead atoms. The fraction of sp³-hybridized carbons (Fsp3) is 0.308. The maximum absolute atomic E-state index is 11.8. The number of hydrogen-bond donors (Lipinski definition) is 2. The summed E-state index contributed by atoms with van der Waals surface area (Å²) in [5.41, 5.74) is 4.02. The zero-order valence-electron chi connectivity index (χ0n) is 9.85. The quantitative estimate of drug-likeness (QED) is 0.805. The number of benzene rings is 1. The van der Waals surface area contributed by atoms with Gasteiger partial charge in [-0.2, -0.15) is 0 Å². The second-order valence-electron chi connectivity index (χ2n) is 4.14. The van der Waals surface area contributed by atoms with E-state index in [-0.39, 0.29) is 5.56 Å². The van der Waals surface area contributed by atoms with Crippen LogP contribution in [0.25, 0.3) is 10.9 Å². The highest BCUT2D eigenvalue weighted by Crippen LogP contribution is 2.19. The summed E-state index contributed by atoms with van der Waals surface area (Å²) >= 11 is 0. The van der Waals surface area contributed by atoms with Crippen LogP contribution in [0.3, 0.4) is 0 Å². The number of aryl methyl sites for hydroxylation is 2. The minimum atomic E-state index is -0.00412. The van der Waals surface area contributed by atoms with E-state index in [4.69, 9.17) is 0 Å². The van der Waals surface area contributed by atoms with Crippen molar-refractivity contribution in [3.05, 3.63) is 45.2 Å². The number of aromatic nitrogens is 1. The summed E-state index contributed by atoms with van der Waals surface area (Å²) < 4.78 is 0. The van der Waals surface area contributed by atoms with E-state index in [2.05, 4.69) is 23.3 Å². The minimum Gasteiger partial charge on any atom is -0.321 e. The first-order chi connectivity index (χ1) is 7.63. The lowest BCUT2D eigenvalue weighted by Crippen LogP contribution is -2.18. The Kier molecular flexibility index (Phi) is 2.79. The van der Waals surface area contributed by atoms with Crippen LogP contribution in [0.5, 0.6) is 0 Å². The van der Waals surface area contributed by atoms with Crippen molar-refractivity contribution in [2.45, 2.75) is 20.4 Å². The van der Waals surface area contributed by atoms with Gasteiger partial charge in [-0.15, -0.1) is 0 Å². The van der Waals surface area contributed by atoms with Crippen LogP contribution in [0.2, 0.25) is 0 Å². The van der Waals surface area contributed by atoms with E-state index in [0.717, 1.165) is 22.0 Å². The molecule has 3 nitrogen and oxygen atoms in total. The predicted molar refractivity (Wildman–Crippen MR) is 66.8 cm³/mol. The third-order valence-electron chi connectivity index (χ3n) is 2.89. The molecule has 0 aliphatic rings. The van der Waals surface area contributed by atoms with Gasteiger partial charge in [0.25, 0.3) is 5.56 Å². The molecule has 16 heavy (non-hydrogen) atoms. The Hall–Kier alpha value is -1.61. The molecular formula is C13H16N2O. The van der Waals surface area contributed by atoms with Crippen molar-refractivity contribution >= 4 is 10.9 Å². The first-order valence-corrected chi connectivity index (χ1v) is 5.40. The maximum Gasteiger partial charge on any atom is 0.252 e. The van der Waals surface area contributed by atoms with E-state index in [0.29, 0.717) is 6.54 Å². The number of rotatable bonds is 2. The van der Waals surface area contributed by atoms with Crippen LogP contribution in [-0.4, -0.2) is 12.0 Å². The van der Waals surface area contributed by atoms with Crippen molar-refractivity contribution in [1.29, 1.82) is 0 Å². The average Bonchev–Trinajstić information content (AvgIpc) is 2.26. The third-order valence-corrected chi connectivity index (χ3v) is 2.89. The number of nitrogens with one attached hydrogen (secondary N) is 2. The molecule has 3 heteroatoms. The molecule has 2 rings (SSSR count). The number of fused-ring (bicyclic) bond motifs is 1. The van der Waals surface area contributed by atoms with E-state index in [9.17, 15) is 4.79 Å². The molecule has 84 valence electrons. The smallest absolute Gasteiger partial charge is 0.252 e. The van der Waals surface area contributed by atoms with Gasteiger partial charge in [-0.3, -0.25) is 4.79 Å². The van der Waals surface area contributed by atoms with Crippen molar-refractivity contribution in [3.8, 4) is 0 Å². The van der Waals surface area contributed by atoms with Crippen molar-refractivity contribution in [1.82, 2.24) is 10.3 Å². The van der Waals surface area contributed by atoms with Gasteiger partial charge in [0.05, 0.1) is 5.52 Å². The second kappa shape index (κ2) is 4.10. The van der Waals surface area contributed by atoms with Crippen molar-refractivity contribution < 1.29 is 0 Å². The topological polar surface area (TPSA) is 44.9 Å². The Morgan fingerprint density at radius 2 is 1.94 bits per heavy atom. The van der Waals surface area contributed by atoms with Crippen LogP contribution in [0, 0.1) is 13.8 Å². The van der Waals surface area contributed by atoms with Crippen molar-refractivity contribution in [2.75, 3.05) is 7.05 Å². The number of hydrogen-bond acceptors (Lipinski definition) is 2. The fourth-order valence-corrected chi connectivity index (χ4v) is 1.94. The molecule has 0 saturated carbocycles. The van der Waals surface area contributed by atoms with Gasteiger partial charge in [-0.25, -0.2) is 0 Å². The molecule has 1 aromatic heterocycles. The zero-order valence-corrected chi connectivity index (χ0v) is 9.85. The number of aromatic amines is 1. The molecule has 0 unspecified atom stereocenters. The van der Waals surface area contributed by atoms with Crippen molar-refractivity contribution in [3.63, 3.8) is 0 Å². The lowest BCUT2D eigenvalue weighted by Gasteiger charge is -2.07. The Morgan fingerprint density at radius 1 is 1.25 bits per heavy atom. The Bertz CT molecular complexity index is 584. The zero-order chi connectivity index (χ0) is 11.7. The summed E-state index contributed by atoms with van der Waals surface area (Å²) in [7, 11) is 1.84. The molecular weight excluding hydrogens is 200 g/mol. The van der Waals surface area contributed by atoms with Crippen LogP contribution >= 0.6 is 0 Å². The lowest BCUT2D eigenvalue weighted by molar-refractivity contribution is 0.807. The number of H-pyrrole nitrogens is 1. The molecule has 0 aliphatic carbocycles. The van der Waals surface area contributed by atoms with Crippen molar-refractivity contribution in [2.24, 2.45) is 0 Å². The standard InChI is InChI=1S/C13H16N2O/c1-8-4-5-9(2)12-11(8)6-10(7-14-3)13(16)15-12/h4-6,14H,7H2,1-3H3,(H,15,16). The molecule has 0 aliphatic heterocycles. The van der Waals surface area contributed by atoms with Crippen LogP contribution in [-0.2, 0) is 6.54 Å². The van der Waals surface area contributed by atoms with Crippen LogP contribution in [0.1, 0.15) is 16.7 Å². The Balaban J connectivity index is 2.79. The highest BCUT2D eigenvalue weighted by Gasteiger charge is 2.05. The molecule has 0 radical (unpaired) electrons. The molecule has 2 aromatic rings. The molecule has 1 heterocycles. The monoisotopic (exact) mass is 216 g/mol. The molecule has 0 spiro atoms. The normalized spacial score (nSPS) is 10.9. The second-order valence-corrected chi connectivity index (χ2v) is 4.14. The predicted octanol–water partition coefficient (Wildman–Crippen LogP) is 1.86. The van der Waals surface area contributed by atoms with Gasteiger partial charge >= 0.3 is 0 Å². The van der Waals surface area contributed by atoms with E-state index in [1.807, 2.05) is 26.1 Å². The Labute approximate surface area is 94.5 Å². The van der Waals surface area contributed by atoms with Crippen LogP contribution < -0.4 is 10.9 Å². The van der Waals surface area contributed by atoms with Crippen LogP contribution in [0.15, 0.2) is 23.0 Å². The SMILES string of the molecule is CNCc1cc2c(C)ccc(C)c2[nH]c1=O. The minimum absolute atomic E-state index is 0.00412. The van der Waals surface area contributed by atoms with Gasteiger partial charge in [0.1, 0.15) is 0 Å². The summed E-state index contributed by atoms with van der Waals surface area (Å²) in [4.78, 5) is 14.7. The van der Waals surface area contributed by atoms with E-state index in [1.54, 1.807) is 0 Å². The largest absolute Gasteiger partial charge is 0.321 e. The molecule has 1 aromatic carbocycles. The van der Waals surface area contributed by atoms with Gasteiger partial charge in [0.2, 0.25) is 0 Å². The summed E-state index contributed by atoms with van der Waals surface area (Å²) in [6, 6.07) is 6.09. The van der Waals surface area contributed by atoms with Gasteiger partial charge < -0.3 is 10.3 Å². The third kappa shape index (κ3) is 1.74. The summed E-state index contributed by atoms with van der Waals surface area (Å²) in [6.07, 6.45) is 0. The van der Waals surface area contributed by atoms with E-state index >= 15 is 0 Å². The molecule has 0 atom stereocenters. The van der Waals surface area contributed by atoms with E-state index < -0.39 is 0 Å². The summed E-state index contributed by atoms with van der Waals surface area (Å²) in [5, 5.41) is 4.13. The van der Waals surface area contributed by atoms with Gasteiger partial charge in [0, 0.05) is 17.5 Å². The van der Waals surface area contributed by atoms with Gasteiger partial charge in [0.15, 0.2) is 0 Å². The van der Waals surface area contributed by atoms with Gasteiger partial charge in [-0.1, -0.05) is 12.1 Å². The summed E-state index contributed by atoms with van der Waals surface area (Å²) in [6.45, 7) is 4.66. The highest BCUT2D eigenvalue weighted by atomic mass is 16.1. The highest BCUT2D eigenvalue weighted by molar-refractivity contribution is 5.85. The maximum atomic E-state index is 11.8. The lowest BCUT2D eigenvalue weighted by atomic mass is 10.0. The molecule has 0 saturated heterocycles. The average molecular weight is 216 g/mol. The van der Waals surface area contributed by atoms with Crippen LogP contribution in [0.4, 0.5) is 0 Å². The first-order valence-electron chi connectivity index (χ1n) is 5.40. The molecule has 2 N–H and O–H groups in total. The molecule has 0 fully saturated rings. The van der Waals surface area contributed by atoms with Gasteiger partial charge in [-0.05, 0) is 38.1 Å². The Morgan fingerprint density at radius 3 is 2.62 bits per heavy atom. The van der Waals surface area contributed by atoms with E-state index in [1.165, 1.54) is 5.56 Å².